The Morgan fingerprint density at radius 2 is 1.44 bits per heavy atom. The average Bonchev–Trinajstić information content (AvgIpc) is 3.31. The van der Waals surface area contributed by atoms with Gasteiger partial charge in [-0.3, -0.25) is 0 Å². The van der Waals surface area contributed by atoms with Crippen LogP contribution in [0.2, 0.25) is 0 Å². The second kappa shape index (κ2) is 6.67. The van der Waals surface area contributed by atoms with Gasteiger partial charge in [-0.05, 0) is 34.4 Å². The molecule has 0 radical (unpaired) electrons. The van der Waals surface area contributed by atoms with E-state index in [9.17, 15) is 10.5 Å². The van der Waals surface area contributed by atoms with Crippen molar-refractivity contribution >= 4 is 55.0 Å². The molecule has 8 heteroatoms. The van der Waals surface area contributed by atoms with E-state index < -0.39 is 0 Å². The number of rotatable bonds is 0. The van der Waals surface area contributed by atoms with Crippen molar-refractivity contribution in [1.82, 2.24) is 19.1 Å². The Bertz CT molecular complexity index is 1910. The minimum atomic E-state index is -0.0620. The molecule has 0 atom stereocenters. The Morgan fingerprint density at radius 3 is 2.09 bits per heavy atom. The lowest BCUT2D eigenvalue weighted by Gasteiger charge is -2.06. The maximum absolute atomic E-state index is 9.34. The third-order valence-electron chi connectivity index (χ3n) is 5.71. The van der Waals surface area contributed by atoms with Crippen LogP contribution < -0.4 is 11.0 Å². The second-order valence-electron chi connectivity index (χ2n) is 7.29. The van der Waals surface area contributed by atoms with Gasteiger partial charge in [0.05, 0.1) is 47.3 Å². The zero-order chi connectivity index (χ0) is 22.6. The first-order chi connectivity index (χ1) is 15.5. The smallest absolute Gasteiger partial charge is 0.303 e. The van der Waals surface area contributed by atoms with E-state index in [0.717, 1.165) is 32.6 Å². The number of aromatic nitrogens is 4. The standard InChI is InChI=1S/C24H12N8/c1-27-17(11-25)23-29-16-9-14-6-5-13-7-8-19-22(21(13)15(14)10-20(16)32(23)4)30-24(31(19)3)18(12-26)28-2/h5-10H,3-4H3/b23-17+,24-18+. The van der Waals surface area contributed by atoms with Crippen molar-refractivity contribution < 1.29 is 0 Å². The molecule has 32 heavy (non-hydrogen) atoms. The fourth-order valence-corrected chi connectivity index (χ4v) is 4.16. The number of hydrogen-bond donors (Lipinski definition) is 0. The molecule has 0 N–H and O–H groups in total. The molecule has 5 rings (SSSR count). The fourth-order valence-electron chi connectivity index (χ4n) is 4.16. The summed E-state index contributed by atoms with van der Waals surface area (Å²) in [5.74, 6) is 0. The van der Waals surface area contributed by atoms with E-state index >= 15 is 0 Å². The Kier molecular flexibility index (Phi) is 3.93. The highest BCUT2D eigenvalue weighted by molar-refractivity contribution is 6.20. The molecule has 0 aliphatic carbocycles. The van der Waals surface area contributed by atoms with E-state index in [4.69, 9.17) is 13.1 Å². The predicted octanol–water partition coefficient (Wildman–Crippen LogP) is 2.87. The predicted molar refractivity (Wildman–Crippen MR) is 120 cm³/mol. The van der Waals surface area contributed by atoms with Crippen molar-refractivity contribution in [2.75, 3.05) is 0 Å². The highest BCUT2D eigenvalue weighted by Gasteiger charge is 2.15. The first-order valence-corrected chi connectivity index (χ1v) is 9.50. The topological polar surface area (TPSA) is 91.9 Å². The van der Waals surface area contributed by atoms with Crippen LogP contribution in [0.3, 0.4) is 0 Å². The van der Waals surface area contributed by atoms with Crippen molar-refractivity contribution in [3.63, 3.8) is 0 Å². The molecule has 3 aromatic carbocycles. The molecule has 0 unspecified atom stereocenters. The normalized spacial score (nSPS) is 12.9. The van der Waals surface area contributed by atoms with Gasteiger partial charge in [-0.2, -0.15) is 0 Å². The summed E-state index contributed by atoms with van der Waals surface area (Å²) in [6.07, 6.45) is 0. The molecule has 0 saturated heterocycles. The number of fused-ring (bicyclic) bond motifs is 6. The van der Waals surface area contributed by atoms with Gasteiger partial charge in [0, 0.05) is 19.5 Å². The molecule has 2 heterocycles. The van der Waals surface area contributed by atoms with Gasteiger partial charge in [0.25, 0.3) is 0 Å². The molecule has 0 saturated carbocycles. The lowest BCUT2D eigenvalue weighted by atomic mass is 10.00. The number of nitriles is 2. The average molecular weight is 412 g/mol. The molecule has 8 nitrogen and oxygen atoms in total. The lowest BCUT2D eigenvalue weighted by molar-refractivity contribution is 0.896. The SMILES string of the molecule is [C-]#[N+]/C(C#N)=c1\nc2cc3ccc4ccc5c(n/c(=C(/C#N)[N+]#[C-])n5C)c4c3cc2n1C. The first-order valence-electron chi connectivity index (χ1n) is 9.50. The van der Waals surface area contributed by atoms with Gasteiger partial charge >= 0.3 is 11.4 Å². The number of aryl methyl sites for hydroxylation is 2. The van der Waals surface area contributed by atoms with Gasteiger partial charge < -0.3 is 9.13 Å². The molecule has 0 aliphatic rings. The Labute approximate surface area is 181 Å². The van der Waals surface area contributed by atoms with E-state index in [2.05, 4.69) is 19.7 Å². The molecule has 0 amide bonds. The van der Waals surface area contributed by atoms with E-state index in [-0.39, 0.29) is 11.4 Å². The van der Waals surface area contributed by atoms with Crippen LogP contribution in [0.5, 0.6) is 0 Å². The maximum atomic E-state index is 9.34. The van der Waals surface area contributed by atoms with Gasteiger partial charge in [-0.15, -0.1) is 0 Å². The Hall–Kier alpha value is -5.18. The summed E-state index contributed by atoms with van der Waals surface area (Å²) in [5.41, 5.74) is 3.53. The molecule has 0 spiro atoms. The molecular formula is C24H12N8. The molecule has 0 fully saturated rings. The molecule has 2 aromatic heterocycles. The minimum Gasteiger partial charge on any atom is -0.336 e. The molecule has 0 aliphatic heterocycles. The van der Waals surface area contributed by atoms with E-state index in [1.165, 1.54) is 0 Å². The van der Waals surface area contributed by atoms with Crippen LogP contribution in [0.15, 0.2) is 36.4 Å². The van der Waals surface area contributed by atoms with E-state index in [1.54, 1.807) is 23.2 Å². The summed E-state index contributed by atoms with van der Waals surface area (Å²) in [7, 11) is 3.57. The quantitative estimate of drug-likeness (QED) is 0.289. The van der Waals surface area contributed by atoms with Crippen LogP contribution in [0.1, 0.15) is 0 Å². The van der Waals surface area contributed by atoms with Crippen LogP contribution in [0, 0.1) is 35.8 Å². The molecule has 148 valence electrons. The van der Waals surface area contributed by atoms with Crippen LogP contribution >= 0.6 is 0 Å². The van der Waals surface area contributed by atoms with Crippen molar-refractivity contribution in [3.8, 4) is 12.1 Å². The Morgan fingerprint density at radius 1 is 0.844 bits per heavy atom. The van der Waals surface area contributed by atoms with Crippen molar-refractivity contribution in [3.05, 3.63) is 70.2 Å². The second-order valence-corrected chi connectivity index (χ2v) is 7.29. The lowest BCUT2D eigenvalue weighted by Crippen LogP contribution is -2.17. The summed E-state index contributed by atoms with van der Waals surface area (Å²) in [4.78, 5) is 15.8. The monoisotopic (exact) mass is 412 g/mol. The van der Waals surface area contributed by atoms with Gasteiger partial charge in [-0.25, -0.2) is 30.2 Å². The van der Waals surface area contributed by atoms with Crippen LogP contribution in [0.25, 0.3) is 64.7 Å². The van der Waals surface area contributed by atoms with E-state index in [1.807, 2.05) is 48.5 Å². The summed E-state index contributed by atoms with van der Waals surface area (Å²) in [6.45, 7) is 14.6. The van der Waals surface area contributed by atoms with Gasteiger partial charge in [0.15, 0.2) is 0 Å². The van der Waals surface area contributed by atoms with Crippen molar-refractivity contribution in [1.29, 1.82) is 10.5 Å². The number of nitrogens with zero attached hydrogens (tertiary/aromatic N) is 8. The number of benzene rings is 3. The van der Waals surface area contributed by atoms with Crippen LogP contribution in [-0.2, 0) is 14.1 Å². The van der Waals surface area contributed by atoms with Gasteiger partial charge in [0.1, 0.15) is 11.0 Å². The van der Waals surface area contributed by atoms with Crippen LogP contribution in [-0.4, -0.2) is 19.1 Å². The zero-order valence-electron chi connectivity index (χ0n) is 17.0. The molecular weight excluding hydrogens is 400 g/mol. The molecule has 5 aromatic rings. The van der Waals surface area contributed by atoms with Crippen molar-refractivity contribution in [2.45, 2.75) is 0 Å². The largest absolute Gasteiger partial charge is 0.336 e. The molecule has 0 bridgehead atoms. The number of imidazole rings is 2. The highest BCUT2D eigenvalue weighted by atomic mass is 15.1. The third kappa shape index (κ3) is 2.39. The van der Waals surface area contributed by atoms with Gasteiger partial charge in [-0.1, -0.05) is 18.2 Å². The third-order valence-corrected chi connectivity index (χ3v) is 5.71. The summed E-state index contributed by atoms with van der Waals surface area (Å²) >= 11 is 0. The highest BCUT2D eigenvalue weighted by Crippen LogP contribution is 2.32. The summed E-state index contributed by atoms with van der Waals surface area (Å²) in [6, 6.07) is 15.7. The minimum absolute atomic E-state index is 0.0607. The summed E-state index contributed by atoms with van der Waals surface area (Å²) in [5, 5.41) is 22.4. The maximum Gasteiger partial charge on any atom is 0.303 e. The number of hydrogen-bond acceptors (Lipinski definition) is 4. The Balaban J connectivity index is 2.03. The fraction of sp³-hybridized carbons (Fsp3) is 0.0833. The van der Waals surface area contributed by atoms with Crippen molar-refractivity contribution in [2.24, 2.45) is 14.1 Å². The van der Waals surface area contributed by atoms with E-state index in [0.29, 0.717) is 22.0 Å². The van der Waals surface area contributed by atoms with Crippen LogP contribution in [0.4, 0.5) is 0 Å². The first kappa shape index (κ1) is 18.8. The van der Waals surface area contributed by atoms with Gasteiger partial charge in [0.2, 0.25) is 0 Å². The zero-order valence-corrected chi connectivity index (χ0v) is 17.0. The summed E-state index contributed by atoms with van der Waals surface area (Å²) < 4.78 is 3.50.